The summed E-state index contributed by atoms with van der Waals surface area (Å²) in [7, 11) is 0. The summed E-state index contributed by atoms with van der Waals surface area (Å²) in [5, 5.41) is 11.8. The second-order valence-electron chi connectivity index (χ2n) is 8.06. The third kappa shape index (κ3) is 4.14. The third-order valence-corrected chi connectivity index (χ3v) is 6.39. The molecule has 32 heavy (non-hydrogen) atoms. The smallest absolute Gasteiger partial charge is 0.244 e. The van der Waals surface area contributed by atoms with Crippen LogP contribution in [0.3, 0.4) is 0 Å². The number of benzene rings is 2. The van der Waals surface area contributed by atoms with E-state index in [9.17, 15) is 4.79 Å². The van der Waals surface area contributed by atoms with Crippen molar-refractivity contribution in [2.75, 3.05) is 11.6 Å². The monoisotopic (exact) mass is 446 g/mol. The Labute approximate surface area is 191 Å². The van der Waals surface area contributed by atoms with E-state index in [2.05, 4.69) is 20.1 Å². The highest BCUT2D eigenvalue weighted by molar-refractivity contribution is 7.97. The van der Waals surface area contributed by atoms with Gasteiger partial charge in [-0.3, -0.25) is 4.79 Å². The van der Waals surface area contributed by atoms with Crippen LogP contribution in [0.15, 0.2) is 48.5 Å². The van der Waals surface area contributed by atoms with Crippen molar-refractivity contribution in [3.05, 3.63) is 60.2 Å². The van der Waals surface area contributed by atoms with Crippen molar-refractivity contribution in [2.45, 2.75) is 44.5 Å². The van der Waals surface area contributed by atoms with Crippen LogP contribution in [0, 0.1) is 0 Å². The number of amides is 1. The molecule has 0 unspecified atom stereocenters. The van der Waals surface area contributed by atoms with E-state index in [4.69, 9.17) is 4.98 Å². The molecule has 0 radical (unpaired) electrons. The molecule has 4 aromatic rings. The quantitative estimate of drug-likeness (QED) is 0.471. The summed E-state index contributed by atoms with van der Waals surface area (Å²) < 4.78 is 4.24. The standard InChI is InChI=1S/C24H26N6OS/c1-32-16-22-26-19-7-4-5-8-20(19)30(22)15-23(31)25-18-12-10-17(11-13-18)24-28-27-21-9-3-2-6-14-29(21)24/h4-5,7-8,10-13H,2-3,6,9,14-16H2,1H3,(H,25,31). The number of hydrogen-bond donors (Lipinski definition) is 1. The van der Waals surface area contributed by atoms with Crippen molar-refractivity contribution in [1.82, 2.24) is 24.3 Å². The zero-order valence-corrected chi connectivity index (χ0v) is 18.9. The minimum atomic E-state index is -0.0698. The molecule has 1 aliphatic heterocycles. The molecular weight excluding hydrogens is 420 g/mol. The molecule has 8 heteroatoms. The van der Waals surface area contributed by atoms with Crippen molar-refractivity contribution in [2.24, 2.45) is 0 Å². The number of aromatic nitrogens is 5. The lowest BCUT2D eigenvalue weighted by Crippen LogP contribution is -2.20. The maximum absolute atomic E-state index is 12.8. The number of fused-ring (bicyclic) bond motifs is 2. The number of carbonyl (C=O) groups excluding carboxylic acids is 1. The number of nitrogens with one attached hydrogen (secondary N) is 1. The molecule has 0 atom stereocenters. The van der Waals surface area contributed by atoms with Gasteiger partial charge in [0.2, 0.25) is 5.91 Å². The van der Waals surface area contributed by atoms with E-state index < -0.39 is 0 Å². The summed E-state index contributed by atoms with van der Waals surface area (Å²) in [6.45, 7) is 1.20. The zero-order valence-electron chi connectivity index (χ0n) is 18.1. The Kier molecular flexibility index (Phi) is 5.94. The number of hydrogen-bond acceptors (Lipinski definition) is 5. The maximum atomic E-state index is 12.8. The molecule has 1 aliphatic rings. The van der Waals surface area contributed by atoms with Gasteiger partial charge in [-0.2, -0.15) is 11.8 Å². The number of imidazole rings is 1. The molecule has 0 saturated heterocycles. The van der Waals surface area contributed by atoms with Gasteiger partial charge in [-0.15, -0.1) is 10.2 Å². The first-order valence-corrected chi connectivity index (χ1v) is 12.4. The highest BCUT2D eigenvalue weighted by Crippen LogP contribution is 2.24. The van der Waals surface area contributed by atoms with Gasteiger partial charge in [0.25, 0.3) is 0 Å². The lowest BCUT2D eigenvalue weighted by molar-refractivity contribution is -0.116. The van der Waals surface area contributed by atoms with Crippen LogP contribution in [0.5, 0.6) is 0 Å². The van der Waals surface area contributed by atoms with Crippen LogP contribution in [0.2, 0.25) is 0 Å². The minimum absolute atomic E-state index is 0.0698. The molecule has 164 valence electrons. The van der Waals surface area contributed by atoms with Crippen LogP contribution in [-0.4, -0.2) is 36.5 Å². The van der Waals surface area contributed by atoms with Crippen molar-refractivity contribution in [3.8, 4) is 11.4 Å². The number of thioether (sulfide) groups is 1. The molecule has 0 aliphatic carbocycles. The summed E-state index contributed by atoms with van der Waals surface area (Å²) in [5.74, 6) is 3.59. The molecule has 0 fully saturated rings. The zero-order chi connectivity index (χ0) is 21.9. The molecule has 1 N–H and O–H groups in total. The number of carbonyl (C=O) groups is 1. The van der Waals surface area contributed by atoms with E-state index in [1.807, 2.05) is 59.4 Å². The largest absolute Gasteiger partial charge is 0.325 e. The van der Waals surface area contributed by atoms with E-state index >= 15 is 0 Å². The second kappa shape index (κ2) is 9.16. The van der Waals surface area contributed by atoms with Gasteiger partial charge in [0.1, 0.15) is 18.2 Å². The topological polar surface area (TPSA) is 77.6 Å². The minimum Gasteiger partial charge on any atom is -0.325 e. The molecule has 0 bridgehead atoms. The number of nitrogens with zero attached hydrogens (tertiary/aromatic N) is 5. The van der Waals surface area contributed by atoms with E-state index in [1.165, 1.54) is 12.8 Å². The van der Waals surface area contributed by atoms with Gasteiger partial charge >= 0.3 is 0 Å². The van der Waals surface area contributed by atoms with Gasteiger partial charge in [0.15, 0.2) is 5.82 Å². The number of rotatable bonds is 6. The fourth-order valence-corrected chi connectivity index (χ4v) is 4.77. The van der Waals surface area contributed by atoms with Gasteiger partial charge in [0.05, 0.1) is 16.8 Å². The van der Waals surface area contributed by atoms with Crippen molar-refractivity contribution >= 4 is 34.4 Å². The Balaban J connectivity index is 1.32. The first-order chi connectivity index (χ1) is 15.7. The van der Waals surface area contributed by atoms with Crippen LogP contribution in [0.1, 0.15) is 30.9 Å². The van der Waals surface area contributed by atoms with Gasteiger partial charge in [-0.1, -0.05) is 18.6 Å². The van der Waals surface area contributed by atoms with Crippen LogP contribution in [0.25, 0.3) is 22.4 Å². The Bertz CT molecular complexity index is 1240. The Morgan fingerprint density at radius 1 is 1.06 bits per heavy atom. The van der Waals surface area contributed by atoms with E-state index in [1.54, 1.807) is 11.8 Å². The Hall–Kier alpha value is -3.13. The SMILES string of the molecule is CSCc1nc2ccccc2n1CC(=O)Nc1ccc(-c2nnc3n2CCCCC3)cc1. The summed E-state index contributed by atoms with van der Waals surface area (Å²) >= 11 is 1.70. The molecule has 5 rings (SSSR count). The van der Waals surface area contributed by atoms with Gasteiger partial charge < -0.3 is 14.5 Å². The van der Waals surface area contributed by atoms with Crippen LogP contribution < -0.4 is 5.32 Å². The number of para-hydroxylation sites is 2. The molecule has 0 saturated carbocycles. The highest BCUT2D eigenvalue weighted by Gasteiger charge is 2.17. The molecule has 2 aromatic carbocycles. The van der Waals surface area contributed by atoms with E-state index in [0.717, 1.165) is 64.9 Å². The fourth-order valence-electron chi connectivity index (χ4n) is 4.29. The lowest BCUT2D eigenvalue weighted by Gasteiger charge is -2.11. The first kappa shape index (κ1) is 20.8. The lowest BCUT2D eigenvalue weighted by atomic mass is 10.2. The Morgan fingerprint density at radius 3 is 2.75 bits per heavy atom. The number of anilines is 1. The van der Waals surface area contributed by atoms with E-state index in [0.29, 0.717) is 0 Å². The second-order valence-corrected chi connectivity index (χ2v) is 8.93. The normalized spacial score (nSPS) is 13.7. The maximum Gasteiger partial charge on any atom is 0.244 e. The molecule has 0 spiro atoms. The highest BCUT2D eigenvalue weighted by atomic mass is 32.2. The van der Waals surface area contributed by atoms with Crippen molar-refractivity contribution in [1.29, 1.82) is 0 Å². The summed E-state index contributed by atoms with van der Waals surface area (Å²) in [6, 6.07) is 15.8. The molecular formula is C24H26N6OS. The summed E-state index contributed by atoms with van der Waals surface area (Å²) in [6.07, 6.45) is 6.60. The Morgan fingerprint density at radius 2 is 1.91 bits per heavy atom. The molecule has 7 nitrogen and oxygen atoms in total. The summed E-state index contributed by atoms with van der Waals surface area (Å²) in [5.41, 5.74) is 3.69. The summed E-state index contributed by atoms with van der Waals surface area (Å²) in [4.78, 5) is 17.5. The third-order valence-electron chi connectivity index (χ3n) is 5.85. The molecule has 3 heterocycles. The fraction of sp³-hybridized carbons (Fsp3) is 0.333. The van der Waals surface area contributed by atoms with Crippen molar-refractivity contribution < 1.29 is 4.79 Å². The predicted octanol–water partition coefficient (Wildman–Crippen LogP) is 4.52. The van der Waals surface area contributed by atoms with Crippen molar-refractivity contribution in [3.63, 3.8) is 0 Å². The molecule has 1 amide bonds. The average molecular weight is 447 g/mol. The van der Waals surface area contributed by atoms with Crippen LogP contribution in [0.4, 0.5) is 5.69 Å². The van der Waals surface area contributed by atoms with Crippen LogP contribution in [-0.2, 0) is 30.1 Å². The van der Waals surface area contributed by atoms with E-state index in [-0.39, 0.29) is 12.5 Å². The number of aryl methyl sites for hydroxylation is 1. The first-order valence-electron chi connectivity index (χ1n) is 11.0. The van der Waals surface area contributed by atoms with Gasteiger partial charge in [-0.25, -0.2) is 4.98 Å². The average Bonchev–Trinajstić information content (AvgIpc) is 3.27. The van der Waals surface area contributed by atoms with Gasteiger partial charge in [-0.05, 0) is 55.5 Å². The van der Waals surface area contributed by atoms with Crippen LogP contribution >= 0.6 is 11.8 Å². The molecule has 2 aromatic heterocycles. The van der Waals surface area contributed by atoms with Gasteiger partial charge in [0, 0.05) is 24.2 Å². The predicted molar refractivity (Wildman–Crippen MR) is 129 cm³/mol.